The average molecular weight is 335 g/mol. The van der Waals surface area contributed by atoms with Gasteiger partial charge in [-0.05, 0) is 32.9 Å². The van der Waals surface area contributed by atoms with Crippen LogP contribution in [0.2, 0.25) is 5.02 Å². The van der Waals surface area contributed by atoms with Crippen LogP contribution in [-0.4, -0.2) is 34.9 Å². The summed E-state index contributed by atoms with van der Waals surface area (Å²) in [7, 11) is 1.51. The van der Waals surface area contributed by atoms with Crippen LogP contribution in [0.5, 0.6) is 0 Å². The van der Waals surface area contributed by atoms with Gasteiger partial charge >= 0.3 is 6.09 Å². The number of benzene rings is 1. The van der Waals surface area contributed by atoms with Gasteiger partial charge in [-0.25, -0.2) is 4.79 Å². The Morgan fingerprint density at radius 2 is 2.04 bits per heavy atom. The van der Waals surface area contributed by atoms with Gasteiger partial charge in [0.05, 0.1) is 5.52 Å². The zero-order chi connectivity index (χ0) is 17.2. The smallest absolute Gasteiger partial charge is 0.410 e. The maximum atomic E-state index is 12.3. The number of pyridine rings is 1. The van der Waals surface area contributed by atoms with Crippen molar-refractivity contribution in [3.63, 3.8) is 0 Å². The van der Waals surface area contributed by atoms with Gasteiger partial charge < -0.3 is 9.53 Å². The van der Waals surface area contributed by atoms with Crippen LogP contribution < -0.4 is 0 Å². The van der Waals surface area contributed by atoms with E-state index in [2.05, 4.69) is 4.98 Å². The number of aldehydes is 1. The first kappa shape index (κ1) is 17.2. The Balaban J connectivity index is 2.47. The van der Waals surface area contributed by atoms with Gasteiger partial charge in [0.1, 0.15) is 17.9 Å². The molecule has 0 aliphatic carbocycles. The summed E-state index contributed by atoms with van der Waals surface area (Å²) in [5.74, 6) is 0. The van der Waals surface area contributed by atoms with Crippen LogP contribution in [0.25, 0.3) is 10.9 Å². The van der Waals surface area contributed by atoms with Gasteiger partial charge in [-0.3, -0.25) is 9.88 Å². The Kier molecular flexibility index (Phi) is 4.90. The highest BCUT2D eigenvalue weighted by Crippen LogP contribution is 2.32. The number of hydrogen-bond acceptors (Lipinski definition) is 4. The van der Waals surface area contributed by atoms with Crippen molar-refractivity contribution in [1.82, 2.24) is 9.88 Å². The Labute approximate surface area is 140 Å². The summed E-state index contributed by atoms with van der Waals surface area (Å²) in [6, 6.07) is 6.31. The fourth-order valence-electron chi connectivity index (χ4n) is 2.22. The van der Waals surface area contributed by atoms with E-state index in [-0.39, 0.29) is 0 Å². The molecule has 23 heavy (non-hydrogen) atoms. The number of rotatable bonds is 3. The predicted molar refractivity (Wildman–Crippen MR) is 89.6 cm³/mol. The number of carbonyl (C=O) groups excluding carboxylic acids is 2. The largest absolute Gasteiger partial charge is 0.444 e. The molecular weight excluding hydrogens is 316 g/mol. The third-order valence-electron chi connectivity index (χ3n) is 3.28. The number of hydrogen-bond donors (Lipinski definition) is 0. The van der Waals surface area contributed by atoms with E-state index < -0.39 is 17.7 Å². The molecule has 0 saturated heterocycles. The Morgan fingerprint density at radius 3 is 2.65 bits per heavy atom. The molecule has 1 unspecified atom stereocenters. The molecule has 0 aliphatic heterocycles. The Hall–Kier alpha value is -2.14. The molecule has 0 spiro atoms. The zero-order valence-corrected chi connectivity index (χ0v) is 14.3. The maximum absolute atomic E-state index is 12.3. The molecule has 0 bridgehead atoms. The average Bonchev–Trinajstić information content (AvgIpc) is 2.48. The highest BCUT2D eigenvalue weighted by molar-refractivity contribution is 6.32. The number of likely N-dealkylation sites (N-methyl/N-ethyl adjacent to an activating group) is 1. The number of aromatic nitrogens is 1. The minimum atomic E-state index is -0.879. The summed E-state index contributed by atoms with van der Waals surface area (Å²) in [6.07, 6.45) is 1.69. The van der Waals surface area contributed by atoms with Crippen LogP contribution in [0.3, 0.4) is 0 Å². The molecule has 5 nitrogen and oxygen atoms in total. The molecule has 1 amide bonds. The third kappa shape index (κ3) is 3.79. The summed E-state index contributed by atoms with van der Waals surface area (Å²) in [4.78, 5) is 29.5. The van der Waals surface area contributed by atoms with Crippen LogP contribution in [0.15, 0.2) is 30.5 Å². The first-order chi connectivity index (χ1) is 10.7. The molecule has 0 saturated carbocycles. The zero-order valence-electron chi connectivity index (χ0n) is 13.5. The van der Waals surface area contributed by atoms with Crippen molar-refractivity contribution < 1.29 is 14.3 Å². The minimum Gasteiger partial charge on any atom is -0.444 e. The standard InChI is InChI=1S/C17H19ClN2O3/c1-17(2,3)23-16(22)20(4)13(10-21)14-12(18)8-7-11-6-5-9-19-15(11)14/h5-10,13H,1-4H3. The van der Waals surface area contributed by atoms with E-state index in [0.29, 0.717) is 22.4 Å². The third-order valence-corrected chi connectivity index (χ3v) is 3.61. The molecule has 122 valence electrons. The first-order valence-electron chi connectivity index (χ1n) is 7.19. The quantitative estimate of drug-likeness (QED) is 0.796. The van der Waals surface area contributed by atoms with E-state index in [9.17, 15) is 9.59 Å². The number of halogens is 1. The normalized spacial score (nSPS) is 12.7. The molecule has 1 aromatic carbocycles. The van der Waals surface area contributed by atoms with Crippen LogP contribution in [0.1, 0.15) is 32.4 Å². The lowest BCUT2D eigenvalue weighted by Crippen LogP contribution is -2.37. The van der Waals surface area contributed by atoms with E-state index in [4.69, 9.17) is 16.3 Å². The fourth-order valence-corrected chi connectivity index (χ4v) is 2.49. The molecule has 6 heteroatoms. The Bertz CT molecular complexity index is 740. The van der Waals surface area contributed by atoms with Gasteiger partial charge in [-0.2, -0.15) is 0 Å². The molecule has 0 aliphatic rings. The topological polar surface area (TPSA) is 59.5 Å². The van der Waals surface area contributed by atoms with E-state index in [0.717, 1.165) is 5.39 Å². The minimum absolute atomic E-state index is 0.378. The number of ether oxygens (including phenoxy) is 1. The predicted octanol–water partition coefficient (Wildman–Crippen LogP) is 4.00. The second kappa shape index (κ2) is 6.54. The molecule has 0 radical (unpaired) electrons. The first-order valence-corrected chi connectivity index (χ1v) is 7.56. The van der Waals surface area contributed by atoms with Crippen molar-refractivity contribution in [2.75, 3.05) is 7.05 Å². The van der Waals surface area contributed by atoms with Crippen molar-refractivity contribution in [1.29, 1.82) is 0 Å². The summed E-state index contributed by atoms with van der Waals surface area (Å²) in [5.41, 5.74) is 0.431. The van der Waals surface area contributed by atoms with Gasteiger partial charge in [-0.15, -0.1) is 0 Å². The van der Waals surface area contributed by atoms with Crippen molar-refractivity contribution in [3.8, 4) is 0 Å². The number of nitrogens with zero attached hydrogens (tertiary/aromatic N) is 2. The van der Waals surface area contributed by atoms with E-state index in [1.807, 2.05) is 12.1 Å². The maximum Gasteiger partial charge on any atom is 0.410 e. The second-order valence-electron chi connectivity index (χ2n) is 6.21. The lowest BCUT2D eigenvalue weighted by atomic mass is 10.0. The SMILES string of the molecule is CN(C(=O)OC(C)(C)C)C(C=O)c1c(Cl)ccc2cccnc12. The summed E-state index contributed by atoms with van der Waals surface area (Å²) in [5, 5.41) is 1.22. The van der Waals surface area contributed by atoms with Crippen molar-refractivity contribution >= 4 is 34.9 Å². The summed E-state index contributed by atoms with van der Waals surface area (Å²) < 4.78 is 5.32. The van der Waals surface area contributed by atoms with Gasteiger partial charge in [0.15, 0.2) is 0 Å². The Morgan fingerprint density at radius 1 is 1.35 bits per heavy atom. The van der Waals surface area contributed by atoms with E-state index >= 15 is 0 Å². The second-order valence-corrected chi connectivity index (χ2v) is 6.62. The molecule has 0 N–H and O–H groups in total. The molecular formula is C17H19ClN2O3. The summed E-state index contributed by atoms with van der Waals surface area (Å²) >= 11 is 6.28. The van der Waals surface area contributed by atoms with Crippen LogP contribution in [0.4, 0.5) is 4.79 Å². The van der Waals surface area contributed by atoms with Crippen LogP contribution >= 0.6 is 11.6 Å². The van der Waals surface area contributed by atoms with Crippen LogP contribution in [-0.2, 0) is 9.53 Å². The van der Waals surface area contributed by atoms with Gasteiger partial charge in [0, 0.05) is 29.2 Å². The monoisotopic (exact) mass is 334 g/mol. The molecule has 1 heterocycles. The number of carbonyl (C=O) groups is 2. The molecule has 0 fully saturated rings. The van der Waals surface area contributed by atoms with Gasteiger partial charge in [-0.1, -0.05) is 23.7 Å². The lowest BCUT2D eigenvalue weighted by Gasteiger charge is -2.28. The van der Waals surface area contributed by atoms with E-state index in [1.165, 1.54) is 11.9 Å². The number of fused-ring (bicyclic) bond motifs is 1. The summed E-state index contributed by atoms with van der Waals surface area (Å²) in [6.45, 7) is 5.29. The molecule has 2 rings (SSSR count). The van der Waals surface area contributed by atoms with Crippen molar-refractivity contribution in [2.45, 2.75) is 32.4 Å². The van der Waals surface area contributed by atoms with Gasteiger partial charge in [0.25, 0.3) is 0 Å². The van der Waals surface area contributed by atoms with Crippen molar-refractivity contribution in [2.24, 2.45) is 0 Å². The van der Waals surface area contributed by atoms with Crippen LogP contribution in [0, 0.1) is 0 Å². The lowest BCUT2D eigenvalue weighted by molar-refractivity contribution is -0.112. The highest BCUT2D eigenvalue weighted by Gasteiger charge is 2.29. The van der Waals surface area contributed by atoms with Gasteiger partial charge in [0.2, 0.25) is 0 Å². The molecule has 1 atom stereocenters. The highest BCUT2D eigenvalue weighted by atomic mass is 35.5. The van der Waals surface area contributed by atoms with E-state index in [1.54, 1.807) is 39.1 Å². The van der Waals surface area contributed by atoms with Crippen molar-refractivity contribution in [3.05, 3.63) is 41.0 Å². The number of amides is 1. The fraction of sp³-hybridized carbons (Fsp3) is 0.353. The molecule has 2 aromatic rings. The molecule has 1 aromatic heterocycles.